The van der Waals surface area contributed by atoms with Gasteiger partial charge in [0.05, 0.1) is 66.9 Å². The summed E-state index contributed by atoms with van der Waals surface area (Å²) in [7, 11) is 0. The summed E-state index contributed by atoms with van der Waals surface area (Å²) >= 11 is 0. The molecule has 92 heavy (non-hydrogen) atoms. The van der Waals surface area contributed by atoms with Crippen LogP contribution in [0, 0.1) is 11.3 Å². The van der Waals surface area contributed by atoms with Crippen LogP contribution in [-0.2, 0) is 0 Å². The van der Waals surface area contributed by atoms with Crippen molar-refractivity contribution < 1.29 is 8.83 Å². The van der Waals surface area contributed by atoms with E-state index in [2.05, 4.69) is 309 Å². The number of fused-ring (bicyclic) bond motifs is 18. The molecule has 0 atom stereocenters. The first-order valence-corrected chi connectivity index (χ1v) is 31.2. The summed E-state index contributed by atoms with van der Waals surface area (Å²) in [6.07, 6.45) is 0. The first-order chi connectivity index (χ1) is 45.6. The Morgan fingerprint density at radius 1 is 0.217 bits per heavy atom. The Morgan fingerprint density at radius 3 is 0.924 bits per heavy atom. The number of hydrogen-bond acceptors (Lipinski definition) is 3. The molecule has 0 saturated heterocycles. The van der Waals surface area contributed by atoms with Gasteiger partial charge in [0.1, 0.15) is 34.0 Å². The average Bonchev–Trinajstić information content (AvgIpc) is 1.46. The van der Waals surface area contributed by atoms with Gasteiger partial charge in [0.15, 0.2) is 0 Å². The van der Waals surface area contributed by atoms with Crippen molar-refractivity contribution in [1.29, 1.82) is 5.26 Å². The molecule has 14 aromatic carbocycles. The normalized spacial score (nSPS) is 12.1. The van der Waals surface area contributed by atoms with Crippen molar-refractivity contribution in [2.45, 2.75) is 0 Å². The first-order valence-electron chi connectivity index (χ1n) is 31.2. The van der Waals surface area contributed by atoms with Crippen molar-refractivity contribution in [3.63, 3.8) is 0 Å². The fraction of sp³-hybridized carbons (Fsp3) is 0. The van der Waals surface area contributed by atoms with Gasteiger partial charge in [0.25, 0.3) is 0 Å². The molecule has 6 aromatic heterocycles. The van der Waals surface area contributed by atoms with Crippen LogP contribution >= 0.6 is 0 Å². The van der Waals surface area contributed by atoms with Crippen LogP contribution in [0.5, 0.6) is 0 Å². The van der Waals surface area contributed by atoms with Gasteiger partial charge in [-0.1, -0.05) is 212 Å². The molecule has 0 aliphatic carbocycles. The van der Waals surface area contributed by atoms with E-state index in [1.54, 1.807) is 0 Å². The average molecular weight is 1170 g/mol. The van der Waals surface area contributed by atoms with Crippen molar-refractivity contribution in [2.75, 3.05) is 0 Å². The fourth-order valence-electron chi connectivity index (χ4n) is 15.5. The Kier molecular flexibility index (Phi) is 10.5. The second-order valence-electron chi connectivity index (χ2n) is 24.2. The van der Waals surface area contributed by atoms with Gasteiger partial charge < -0.3 is 27.1 Å². The third-order valence-electron chi connectivity index (χ3n) is 19.4. The summed E-state index contributed by atoms with van der Waals surface area (Å²) in [5.74, 6) is 0. The number of nitriles is 1. The van der Waals surface area contributed by atoms with Crippen LogP contribution in [0.4, 0.5) is 0 Å². The topological polar surface area (TPSA) is 69.8 Å². The lowest BCUT2D eigenvalue weighted by Gasteiger charge is -2.29. The highest BCUT2D eigenvalue weighted by atomic mass is 16.3. The van der Waals surface area contributed by atoms with E-state index < -0.39 is 0 Å². The van der Waals surface area contributed by atoms with E-state index in [0.29, 0.717) is 5.56 Å². The molecule has 0 aliphatic rings. The Hall–Kier alpha value is -12.6. The molecule has 0 fully saturated rings. The van der Waals surface area contributed by atoms with Gasteiger partial charge in [0, 0.05) is 70.2 Å². The van der Waals surface area contributed by atoms with E-state index in [1.165, 1.54) is 0 Å². The number of rotatable bonds is 7. The lowest BCUT2D eigenvalue weighted by Crippen LogP contribution is -2.16. The quantitative estimate of drug-likeness (QED) is 0.160. The van der Waals surface area contributed by atoms with Crippen LogP contribution in [0.1, 0.15) is 5.56 Å². The predicted molar refractivity (Wildman–Crippen MR) is 379 cm³/mol. The summed E-state index contributed by atoms with van der Waals surface area (Å²) in [6.45, 7) is 0. The molecule has 0 N–H and O–H groups in total. The molecule has 426 valence electrons. The van der Waals surface area contributed by atoms with E-state index in [0.717, 1.165) is 187 Å². The molecule has 0 spiro atoms. The Morgan fingerprint density at radius 2 is 0.533 bits per heavy atom. The SMILES string of the molecule is N#Cc1c(-n2c3ccccc3c3ccccc32)c(-n2c3ccc(-c4ccccc4)cc3c3cc4oc5ccccc5c4cc32)c(-c2ccccc2)c(-n2c3ccc(-c4ccccc4)cc3c3cc4oc5ccccc5c4cc32)c1-n1c2ccccc2c2ccccc21. The maximum absolute atomic E-state index is 13.3. The van der Waals surface area contributed by atoms with Crippen molar-refractivity contribution in [3.8, 4) is 62.2 Å². The van der Waals surface area contributed by atoms with E-state index in [4.69, 9.17) is 8.83 Å². The van der Waals surface area contributed by atoms with Crippen LogP contribution in [-0.4, -0.2) is 18.3 Å². The van der Waals surface area contributed by atoms with Crippen LogP contribution in [0.2, 0.25) is 0 Å². The lowest BCUT2D eigenvalue weighted by molar-refractivity contribution is 0.669. The van der Waals surface area contributed by atoms with Gasteiger partial charge in [-0.3, -0.25) is 0 Å². The fourth-order valence-corrected chi connectivity index (χ4v) is 15.5. The second-order valence-corrected chi connectivity index (χ2v) is 24.2. The largest absolute Gasteiger partial charge is 0.456 e. The summed E-state index contributed by atoms with van der Waals surface area (Å²) in [6, 6.07) is 110. The van der Waals surface area contributed by atoms with E-state index in [1.807, 2.05) is 12.1 Å². The molecule has 0 amide bonds. The predicted octanol–water partition coefficient (Wildman–Crippen LogP) is 22.7. The maximum Gasteiger partial charge on any atom is 0.136 e. The van der Waals surface area contributed by atoms with Gasteiger partial charge in [-0.15, -0.1) is 0 Å². The molecule has 0 bridgehead atoms. The molecule has 0 radical (unpaired) electrons. The zero-order chi connectivity index (χ0) is 60.3. The Labute approximate surface area is 525 Å². The van der Waals surface area contributed by atoms with E-state index >= 15 is 0 Å². The molecule has 6 heterocycles. The van der Waals surface area contributed by atoms with Crippen LogP contribution < -0.4 is 0 Å². The van der Waals surface area contributed by atoms with Crippen LogP contribution in [0.25, 0.3) is 187 Å². The molecule has 0 unspecified atom stereocenters. The van der Waals surface area contributed by atoms with E-state index in [-0.39, 0.29) is 0 Å². The highest BCUT2D eigenvalue weighted by molar-refractivity contribution is 6.22. The van der Waals surface area contributed by atoms with Crippen molar-refractivity contribution >= 4 is 131 Å². The number of furan rings is 2. The van der Waals surface area contributed by atoms with Gasteiger partial charge >= 0.3 is 0 Å². The third-order valence-corrected chi connectivity index (χ3v) is 19.4. The molecule has 0 saturated carbocycles. The van der Waals surface area contributed by atoms with E-state index in [9.17, 15) is 5.26 Å². The van der Waals surface area contributed by atoms with Gasteiger partial charge in [-0.2, -0.15) is 5.26 Å². The summed E-state index contributed by atoms with van der Waals surface area (Å²) in [5.41, 5.74) is 20.9. The second kappa shape index (κ2) is 19.2. The molecular weight excluding hydrogens is 1120 g/mol. The highest BCUT2D eigenvalue weighted by Crippen LogP contribution is 2.53. The van der Waals surface area contributed by atoms with Gasteiger partial charge in [-0.05, 0) is 113 Å². The number of para-hydroxylation sites is 6. The minimum Gasteiger partial charge on any atom is -0.456 e. The standard InChI is InChI=1S/C85H49N5O2/c86-50-68-82(87-69-34-16-10-28-56(69)57-29-11-17-35-70(57)87)84(89-73-42-40-54(51-22-4-1-5-23-51)44-62(73)64-48-79-66(46-75(64)89)60-32-14-20-38-77(60)91-79)81(53-26-8-3-9-27-53)85(83(68)88-71-36-18-12-30-58(71)59-31-13-19-37-72(59)88)90-74-43-41-55(52-24-6-2-7-25-52)45-63(74)65-49-80-67(47-76(65)90)61-33-15-21-39-78(61)92-80/h1-49H. The highest BCUT2D eigenvalue weighted by Gasteiger charge is 2.36. The third kappa shape index (κ3) is 7.03. The van der Waals surface area contributed by atoms with Crippen molar-refractivity contribution in [1.82, 2.24) is 18.3 Å². The number of hydrogen-bond donors (Lipinski definition) is 0. The number of benzene rings is 14. The lowest BCUT2D eigenvalue weighted by atomic mass is 9.93. The zero-order valence-corrected chi connectivity index (χ0v) is 49.3. The minimum atomic E-state index is 0.490. The maximum atomic E-state index is 13.3. The van der Waals surface area contributed by atoms with Crippen molar-refractivity contribution in [3.05, 3.63) is 303 Å². The molecule has 20 aromatic rings. The van der Waals surface area contributed by atoms with Crippen LogP contribution in [0.3, 0.4) is 0 Å². The smallest absolute Gasteiger partial charge is 0.136 e. The van der Waals surface area contributed by atoms with Crippen molar-refractivity contribution in [2.24, 2.45) is 0 Å². The molecule has 20 rings (SSSR count). The zero-order valence-electron chi connectivity index (χ0n) is 49.3. The summed E-state index contributed by atoms with van der Waals surface area (Å²) in [5, 5.41) is 25.8. The molecule has 7 nitrogen and oxygen atoms in total. The molecule has 7 heteroatoms. The number of aromatic nitrogens is 4. The van der Waals surface area contributed by atoms with Crippen LogP contribution in [0.15, 0.2) is 306 Å². The molecule has 0 aliphatic heterocycles. The Balaban J connectivity index is 1.09. The minimum absolute atomic E-state index is 0.490. The Bertz CT molecular complexity index is 6090. The monoisotopic (exact) mass is 1170 g/mol. The summed E-state index contributed by atoms with van der Waals surface area (Å²) in [4.78, 5) is 0. The number of nitrogens with zero attached hydrogens (tertiary/aromatic N) is 5. The summed E-state index contributed by atoms with van der Waals surface area (Å²) < 4.78 is 23.5. The molecular formula is C85H49N5O2. The first kappa shape index (κ1) is 50.4. The van der Waals surface area contributed by atoms with Gasteiger partial charge in [-0.25, -0.2) is 0 Å². The van der Waals surface area contributed by atoms with Gasteiger partial charge in [0.2, 0.25) is 0 Å².